The predicted molar refractivity (Wildman–Crippen MR) is 114 cm³/mol. The van der Waals surface area contributed by atoms with E-state index in [1.165, 1.54) is 22.8 Å². The van der Waals surface area contributed by atoms with E-state index < -0.39 is 0 Å². The molecule has 0 bridgehead atoms. The maximum Gasteiger partial charge on any atom is 0.383 e. The van der Waals surface area contributed by atoms with Crippen molar-refractivity contribution in [3.63, 3.8) is 0 Å². The molecule has 2 rings (SSSR count). The van der Waals surface area contributed by atoms with Crippen LogP contribution < -0.4 is 15.9 Å². The normalized spacial score (nSPS) is 12.1. The van der Waals surface area contributed by atoms with Crippen molar-refractivity contribution in [1.29, 1.82) is 0 Å². The fourth-order valence-corrected chi connectivity index (χ4v) is 4.31. The van der Waals surface area contributed by atoms with Gasteiger partial charge in [0.05, 0.1) is 46.9 Å². The number of hydrogen-bond acceptors (Lipinski definition) is 0. The summed E-state index contributed by atoms with van der Waals surface area (Å²) in [5, 5.41) is 0. The van der Waals surface area contributed by atoms with Crippen LogP contribution in [-0.4, -0.2) is 18.3 Å². The van der Waals surface area contributed by atoms with E-state index >= 15 is 0 Å². The molecule has 0 aliphatic heterocycles. The molecule has 2 aromatic rings. The molecule has 0 saturated carbocycles. The minimum Gasteiger partial charge on any atom is -0.250 e. The molecular weight excluding hydrogens is 334 g/mol. The van der Waals surface area contributed by atoms with E-state index in [1.807, 2.05) is 0 Å². The van der Waals surface area contributed by atoms with Crippen molar-refractivity contribution in [3.8, 4) is 0 Å². The van der Waals surface area contributed by atoms with Crippen molar-refractivity contribution < 1.29 is 0 Å². The van der Waals surface area contributed by atoms with Crippen molar-refractivity contribution in [2.75, 3.05) is 0 Å². The number of rotatable bonds is 4. The molecule has 0 aliphatic rings. The SMILES string of the molecule is Cc1c(C)n(C(C)C)c(=[N+]=c2n(C(C)C)c(C)c(C)n2C(C)C)n1C(C)C. The first-order chi connectivity index (χ1) is 12.4. The maximum atomic E-state index is 5.34. The van der Waals surface area contributed by atoms with E-state index in [1.54, 1.807) is 0 Å². The largest absolute Gasteiger partial charge is 0.383 e. The Morgan fingerprint density at radius 2 is 0.630 bits per heavy atom. The van der Waals surface area contributed by atoms with Gasteiger partial charge in [-0.15, -0.1) is 0 Å². The van der Waals surface area contributed by atoms with Gasteiger partial charge < -0.3 is 0 Å². The second kappa shape index (κ2) is 7.63. The summed E-state index contributed by atoms with van der Waals surface area (Å²) in [6.45, 7) is 26.8. The third kappa shape index (κ3) is 3.50. The molecule has 0 atom stereocenters. The number of nitrogens with zero attached hydrogens (tertiary/aromatic N) is 5. The van der Waals surface area contributed by atoms with Crippen molar-refractivity contribution in [1.82, 2.24) is 22.9 Å². The molecule has 152 valence electrons. The van der Waals surface area contributed by atoms with Crippen molar-refractivity contribution in [2.24, 2.45) is 0 Å². The Hall–Kier alpha value is -1.87. The summed E-state index contributed by atoms with van der Waals surface area (Å²) in [5.41, 5.74) is 7.27. The Morgan fingerprint density at radius 1 is 0.444 bits per heavy atom. The summed E-state index contributed by atoms with van der Waals surface area (Å²) in [7, 11) is 0. The van der Waals surface area contributed by atoms with Gasteiger partial charge in [-0.1, -0.05) is 0 Å². The molecule has 0 fully saturated rings. The smallest absolute Gasteiger partial charge is 0.250 e. The highest BCUT2D eigenvalue weighted by Crippen LogP contribution is 2.16. The lowest BCUT2D eigenvalue weighted by Crippen LogP contribution is -2.39. The highest BCUT2D eigenvalue weighted by molar-refractivity contribution is 5.14. The first-order valence-corrected chi connectivity index (χ1v) is 10.4. The molecule has 27 heavy (non-hydrogen) atoms. The lowest BCUT2D eigenvalue weighted by molar-refractivity contribution is 0.472. The standard InChI is InChI=1S/C22H40N5/c1-13(2)24-17(9)18(10)25(14(3)4)21(24)23-22-26(15(5)6)19(11)20(12)27(22)16(7)8/h13-16H,1-12H3/q+1. The molecule has 0 spiro atoms. The molecule has 0 amide bonds. The molecule has 5 nitrogen and oxygen atoms in total. The molecular formula is C22H40N5+. The van der Waals surface area contributed by atoms with Gasteiger partial charge in [0.2, 0.25) is 0 Å². The summed E-state index contributed by atoms with van der Waals surface area (Å²) < 4.78 is 14.9. The highest BCUT2D eigenvalue weighted by Gasteiger charge is 2.24. The van der Waals surface area contributed by atoms with Crippen LogP contribution in [0.4, 0.5) is 0 Å². The summed E-state index contributed by atoms with van der Waals surface area (Å²) in [5.74, 6) is 0. The number of aromatic nitrogens is 4. The first kappa shape index (κ1) is 21.4. The van der Waals surface area contributed by atoms with Crippen molar-refractivity contribution in [2.45, 2.75) is 107 Å². The zero-order valence-corrected chi connectivity index (χ0v) is 19.5. The Bertz CT molecular complexity index is 819. The van der Waals surface area contributed by atoms with Gasteiger partial charge in [0.15, 0.2) is 0 Å². The summed E-state index contributed by atoms with van der Waals surface area (Å²) in [6.07, 6.45) is 0. The van der Waals surface area contributed by atoms with Gasteiger partial charge in [-0.3, -0.25) is 0 Å². The molecule has 0 aliphatic carbocycles. The van der Waals surface area contributed by atoms with E-state index in [4.69, 9.17) is 4.67 Å². The predicted octanol–water partition coefficient (Wildman–Crippen LogP) is 4.02. The van der Waals surface area contributed by atoms with E-state index in [-0.39, 0.29) is 0 Å². The zero-order chi connectivity index (χ0) is 20.8. The molecule has 0 unspecified atom stereocenters. The topological polar surface area (TPSA) is 33.8 Å². The minimum absolute atomic E-state index is 0.361. The summed E-state index contributed by atoms with van der Waals surface area (Å²) in [4.78, 5) is 0. The van der Waals surface area contributed by atoms with Gasteiger partial charge in [-0.2, -0.15) is 0 Å². The molecule has 2 aromatic heterocycles. The van der Waals surface area contributed by atoms with Crippen molar-refractivity contribution in [3.05, 3.63) is 34.0 Å². The lowest BCUT2D eigenvalue weighted by atomic mass is 10.3. The van der Waals surface area contributed by atoms with Crippen LogP contribution in [0.15, 0.2) is 0 Å². The summed E-state index contributed by atoms with van der Waals surface area (Å²) >= 11 is 0. The highest BCUT2D eigenvalue weighted by atomic mass is 15.3. The lowest BCUT2D eigenvalue weighted by Gasteiger charge is -2.08. The van der Waals surface area contributed by atoms with Crippen molar-refractivity contribution >= 4 is 0 Å². The second-order valence-electron chi connectivity index (χ2n) is 8.91. The molecule has 5 heteroatoms. The van der Waals surface area contributed by atoms with Crippen LogP contribution in [0.1, 0.15) is 102 Å². The quantitative estimate of drug-likeness (QED) is 0.725. The zero-order valence-electron chi connectivity index (χ0n) is 19.5. The fourth-order valence-electron chi connectivity index (χ4n) is 4.31. The van der Waals surface area contributed by atoms with E-state index in [0.717, 1.165) is 11.2 Å². The minimum atomic E-state index is 0.361. The molecule has 0 radical (unpaired) electrons. The Labute approximate surface area is 164 Å². The van der Waals surface area contributed by atoms with Crippen LogP contribution in [0.2, 0.25) is 0 Å². The monoisotopic (exact) mass is 374 g/mol. The Kier molecular flexibility index (Phi) is 6.06. The van der Waals surface area contributed by atoms with E-state index in [9.17, 15) is 0 Å². The average molecular weight is 375 g/mol. The number of hydrogen-bond donors (Lipinski definition) is 0. The Balaban J connectivity index is 3.31. The van der Waals surface area contributed by atoms with Crippen LogP contribution in [0, 0.1) is 27.7 Å². The van der Waals surface area contributed by atoms with Crippen LogP contribution in [0.5, 0.6) is 0 Å². The Morgan fingerprint density at radius 3 is 0.778 bits per heavy atom. The van der Waals surface area contributed by atoms with Gasteiger partial charge >= 0.3 is 11.2 Å². The molecule has 0 N–H and O–H groups in total. The van der Waals surface area contributed by atoms with Gasteiger partial charge in [-0.25, -0.2) is 22.9 Å². The van der Waals surface area contributed by atoms with Gasteiger partial charge in [-0.05, 0) is 83.1 Å². The summed E-state index contributed by atoms with van der Waals surface area (Å²) in [6, 6.07) is 1.44. The van der Waals surface area contributed by atoms with E-state index in [2.05, 4.69) is 101 Å². The van der Waals surface area contributed by atoms with Crippen LogP contribution in [-0.2, 0) is 0 Å². The third-order valence-electron chi connectivity index (χ3n) is 5.62. The average Bonchev–Trinajstić information content (AvgIpc) is 2.91. The van der Waals surface area contributed by atoms with Gasteiger partial charge in [0.25, 0.3) is 0 Å². The van der Waals surface area contributed by atoms with Gasteiger partial charge in [0.1, 0.15) is 0 Å². The van der Waals surface area contributed by atoms with Crippen LogP contribution in [0.25, 0.3) is 0 Å². The van der Waals surface area contributed by atoms with Gasteiger partial charge in [0, 0.05) is 0 Å². The molecule has 2 heterocycles. The fraction of sp³-hybridized carbons (Fsp3) is 0.727. The third-order valence-corrected chi connectivity index (χ3v) is 5.62. The van der Waals surface area contributed by atoms with Crippen LogP contribution >= 0.6 is 0 Å². The maximum absolute atomic E-state index is 5.34. The second-order valence-corrected chi connectivity index (χ2v) is 8.91. The molecule has 0 saturated heterocycles. The first-order valence-electron chi connectivity index (χ1n) is 10.4. The van der Waals surface area contributed by atoms with E-state index in [0.29, 0.717) is 24.2 Å². The number of imidazole rings is 2. The molecule has 0 aromatic carbocycles. The van der Waals surface area contributed by atoms with Crippen LogP contribution in [0.3, 0.4) is 0 Å².